The molecule has 3 aromatic rings. The largest absolute Gasteiger partial charge is 0.135 e. The normalized spacial score (nSPS) is 12.2. The van der Waals surface area contributed by atoms with Crippen LogP contribution < -0.4 is 0 Å². The van der Waals surface area contributed by atoms with Gasteiger partial charge in [-0.25, -0.2) is 0 Å². The van der Waals surface area contributed by atoms with Crippen molar-refractivity contribution >= 4 is 31.5 Å². The molecule has 0 nitrogen and oxygen atoms in total. The Morgan fingerprint density at radius 1 is 0.846 bits per heavy atom. The average Bonchev–Trinajstić information content (AvgIpc) is 2.56. The monoisotopic (exact) mass is 186 g/mol. The first-order valence-corrected chi connectivity index (χ1v) is 5.04. The molecule has 0 fully saturated rings. The van der Waals surface area contributed by atoms with Gasteiger partial charge in [-0.3, -0.25) is 0 Å². The Hall–Kier alpha value is -1.34. The Kier molecular flexibility index (Phi) is 1.22. The van der Waals surface area contributed by atoms with Gasteiger partial charge in [0.05, 0.1) is 1.37 Å². The first-order valence-electron chi connectivity index (χ1n) is 4.72. The summed E-state index contributed by atoms with van der Waals surface area (Å²) in [5, 5.41) is 2.47. The zero-order chi connectivity index (χ0) is 9.54. The Morgan fingerprint density at radius 2 is 1.54 bits per heavy atom. The molecule has 0 atom stereocenters. The van der Waals surface area contributed by atoms with Crippen molar-refractivity contribution < 1.29 is 1.37 Å². The molecule has 0 amide bonds. The molecule has 0 saturated heterocycles. The van der Waals surface area contributed by atoms with E-state index in [0.29, 0.717) is 6.04 Å². The van der Waals surface area contributed by atoms with Crippen LogP contribution in [0.15, 0.2) is 48.5 Å². The maximum Gasteiger partial charge on any atom is 0.0623 e. The van der Waals surface area contributed by atoms with Gasteiger partial charge in [-0.05, 0) is 12.1 Å². The van der Waals surface area contributed by atoms with Crippen molar-refractivity contribution in [3.8, 4) is 0 Å². The molecule has 1 heteroatoms. The van der Waals surface area contributed by atoms with Gasteiger partial charge < -0.3 is 0 Å². The second-order valence-corrected chi connectivity index (χ2v) is 4.10. The van der Waals surface area contributed by atoms with Crippen molar-refractivity contribution in [1.29, 1.82) is 0 Å². The minimum atomic E-state index is 0.584. The van der Waals surface area contributed by atoms with Crippen LogP contribution in [-0.4, -0.2) is 0 Å². The molecule has 1 aromatic heterocycles. The zero-order valence-corrected chi connectivity index (χ0v) is 7.77. The Morgan fingerprint density at radius 3 is 2.46 bits per heavy atom. The summed E-state index contributed by atoms with van der Waals surface area (Å²) >= 11 is 1.79. The summed E-state index contributed by atoms with van der Waals surface area (Å²) in [4.78, 5) is 0. The fraction of sp³-hybridized carbons (Fsp3) is 0. The molecule has 0 bridgehead atoms. The van der Waals surface area contributed by atoms with Crippen LogP contribution in [0.1, 0.15) is 1.37 Å². The van der Waals surface area contributed by atoms with E-state index in [9.17, 15) is 0 Å². The number of hydrogen-bond donors (Lipinski definition) is 0. The zero-order valence-electron chi connectivity index (χ0n) is 7.95. The lowest BCUT2D eigenvalue weighted by atomic mass is 10.2. The van der Waals surface area contributed by atoms with E-state index >= 15 is 0 Å². The molecule has 0 saturated carbocycles. The molecule has 0 N–H and O–H groups in total. The van der Waals surface area contributed by atoms with Crippen LogP contribution >= 0.6 is 11.3 Å². The lowest BCUT2D eigenvalue weighted by molar-refractivity contribution is 1.84. The van der Waals surface area contributed by atoms with Crippen LogP contribution in [-0.2, 0) is 0 Å². The summed E-state index contributed by atoms with van der Waals surface area (Å²) in [6, 6.07) is 14.7. The highest BCUT2D eigenvalue weighted by Gasteiger charge is 2.01. The van der Waals surface area contributed by atoms with E-state index in [2.05, 4.69) is 18.2 Å². The van der Waals surface area contributed by atoms with Gasteiger partial charge in [0.15, 0.2) is 0 Å². The summed E-state index contributed by atoms with van der Waals surface area (Å²) in [7, 11) is 0. The van der Waals surface area contributed by atoms with Crippen molar-refractivity contribution in [2.24, 2.45) is 0 Å². The van der Waals surface area contributed by atoms with E-state index in [1.165, 1.54) is 20.2 Å². The molecule has 0 aliphatic rings. The number of fused-ring (bicyclic) bond motifs is 3. The molecule has 1 heterocycles. The van der Waals surface area contributed by atoms with Crippen molar-refractivity contribution in [3.63, 3.8) is 0 Å². The molecule has 2 aromatic carbocycles. The van der Waals surface area contributed by atoms with Crippen LogP contribution in [0.4, 0.5) is 0 Å². The fourth-order valence-corrected chi connectivity index (χ4v) is 2.70. The molecule has 0 unspecified atom stereocenters. The van der Waals surface area contributed by atoms with E-state index in [-0.39, 0.29) is 0 Å². The van der Waals surface area contributed by atoms with Crippen molar-refractivity contribution in [3.05, 3.63) is 48.5 Å². The topological polar surface area (TPSA) is 0 Å². The van der Waals surface area contributed by atoms with Gasteiger partial charge in [-0.2, -0.15) is 0 Å². The molecule has 0 radical (unpaired) electrons. The minimum absolute atomic E-state index is 0.584. The third-order valence-electron chi connectivity index (χ3n) is 2.22. The average molecular weight is 186 g/mol. The molecule has 0 aliphatic carbocycles. The molecule has 0 spiro atoms. The highest BCUT2D eigenvalue weighted by atomic mass is 32.1. The number of benzene rings is 2. The van der Waals surface area contributed by atoms with Crippen molar-refractivity contribution in [2.75, 3.05) is 0 Å². The third kappa shape index (κ3) is 0.973. The first-order chi connectivity index (χ1) is 6.84. The maximum absolute atomic E-state index is 7.60. The molecule has 3 rings (SSSR count). The highest BCUT2D eigenvalue weighted by molar-refractivity contribution is 7.25. The van der Waals surface area contributed by atoms with Gasteiger partial charge in [-0.15, -0.1) is 11.3 Å². The molecule has 13 heavy (non-hydrogen) atoms. The van der Waals surface area contributed by atoms with Crippen molar-refractivity contribution in [2.45, 2.75) is 0 Å². The quantitative estimate of drug-likeness (QED) is 0.496. The predicted molar refractivity (Wildman–Crippen MR) is 59.3 cm³/mol. The molecular weight excluding hydrogens is 176 g/mol. The van der Waals surface area contributed by atoms with Gasteiger partial charge in [0.1, 0.15) is 0 Å². The van der Waals surface area contributed by atoms with E-state index in [1.807, 2.05) is 24.3 Å². The van der Waals surface area contributed by atoms with Crippen LogP contribution in [0.2, 0.25) is 0 Å². The summed E-state index contributed by atoms with van der Waals surface area (Å²) < 4.78 is 10.2. The lowest BCUT2D eigenvalue weighted by Crippen LogP contribution is -1.62. The third-order valence-corrected chi connectivity index (χ3v) is 3.37. The van der Waals surface area contributed by atoms with Crippen LogP contribution in [0, 0.1) is 0 Å². The van der Waals surface area contributed by atoms with Crippen molar-refractivity contribution in [1.82, 2.24) is 0 Å². The van der Waals surface area contributed by atoms with E-state index < -0.39 is 0 Å². The van der Waals surface area contributed by atoms with Gasteiger partial charge >= 0.3 is 0 Å². The minimum Gasteiger partial charge on any atom is -0.135 e. The standard InChI is InChI=1S/C12H8S/c1-3-7-11-9(5-1)10-6-2-4-8-12(10)13-11/h1-8H/i1T. The first kappa shape index (κ1) is 6.17. The Balaban J connectivity index is 2.58. The fourth-order valence-electron chi connectivity index (χ4n) is 1.61. The Bertz CT molecular complexity index is 610. The summed E-state index contributed by atoms with van der Waals surface area (Å²) in [5.74, 6) is 0. The second kappa shape index (κ2) is 2.57. The van der Waals surface area contributed by atoms with Gasteiger partial charge in [0.25, 0.3) is 0 Å². The summed E-state index contributed by atoms with van der Waals surface area (Å²) in [6.45, 7) is 0. The summed E-state index contributed by atoms with van der Waals surface area (Å²) in [5.41, 5.74) is 0. The van der Waals surface area contributed by atoms with Crippen LogP contribution in [0.25, 0.3) is 20.2 Å². The second-order valence-electron chi connectivity index (χ2n) is 3.02. The van der Waals surface area contributed by atoms with Crippen LogP contribution in [0.3, 0.4) is 0 Å². The Labute approximate surface area is 81.8 Å². The number of thiophene rings is 1. The predicted octanol–water partition coefficient (Wildman–Crippen LogP) is 4.05. The van der Waals surface area contributed by atoms with E-state index in [0.717, 1.165) is 0 Å². The highest BCUT2D eigenvalue weighted by Crippen LogP contribution is 2.32. The number of hydrogen-bond acceptors (Lipinski definition) is 1. The van der Waals surface area contributed by atoms with Gasteiger partial charge in [0.2, 0.25) is 0 Å². The maximum atomic E-state index is 7.60. The number of rotatable bonds is 0. The smallest absolute Gasteiger partial charge is 0.0623 e. The lowest BCUT2D eigenvalue weighted by Gasteiger charge is -1.88. The molecular formula is C12H8S. The van der Waals surface area contributed by atoms with Gasteiger partial charge in [0, 0.05) is 20.2 Å². The van der Waals surface area contributed by atoms with E-state index in [4.69, 9.17) is 1.37 Å². The molecule has 62 valence electrons. The molecule has 0 aliphatic heterocycles. The van der Waals surface area contributed by atoms with Gasteiger partial charge in [-0.1, -0.05) is 36.4 Å². The van der Waals surface area contributed by atoms with E-state index in [1.54, 1.807) is 11.3 Å². The SMILES string of the molecule is [3H]c1ccc2sc3ccccc3c2c1. The van der Waals surface area contributed by atoms with Crippen LogP contribution in [0.5, 0.6) is 0 Å². The summed E-state index contributed by atoms with van der Waals surface area (Å²) in [6.07, 6.45) is 0.